The molecule has 7 heteroatoms. The molecule has 4 rings (SSSR count). The van der Waals surface area contributed by atoms with Gasteiger partial charge in [-0.2, -0.15) is 8.42 Å². The van der Waals surface area contributed by atoms with Gasteiger partial charge in [-0.1, -0.05) is 30.3 Å². The maximum atomic E-state index is 9.19. The highest BCUT2D eigenvalue weighted by molar-refractivity contribution is 7.85. The third-order valence-corrected chi connectivity index (χ3v) is 6.68. The third kappa shape index (κ3) is 6.77. The number of methoxy groups -OCH3 is 1. The highest BCUT2D eigenvalue weighted by Crippen LogP contribution is 2.37. The van der Waals surface area contributed by atoms with Crippen molar-refractivity contribution in [3.63, 3.8) is 0 Å². The fraction of sp³-hybridized carbons (Fsp3) is 0.417. The lowest BCUT2D eigenvalue weighted by molar-refractivity contribution is 0.299. The SMILES string of the molecule is COc1cccc2c1CCC[C@H]2CN(C)CCc1csc2ccccc12.CS(=O)(=O)O. The minimum atomic E-state index is -3.67. The lowest BCUT2D eigenvalue weighted by atomic mass is 9.82. The van der Waals surface area contributed by atoms with E-state index in [1.54, 1.807) is 7.11 Å². The van der Waals surface area contributed by atoms with Crippen LogP contribution in [0.4, 0.5) is 0 Å². The van der Waals surface area contributed by atoms with E-state index < -0.39 is 10.1 Å². The van der Waals surface area contributed by atoms with E-state index in [1.807, 2.05) is 11.3 Å². The molecule has 1 aliphatic carbocycles. The van der Waals surface area contributed by atoms with Crippen LogP contribution in [0.25, 0.3) is 10.1 Å². The second-order valence-electron chi connectivity index (χ2n) is 8.12. The molecule has 3 aromatic rings. The minimum Gasteiger partial charge on any atom is -0.496 e. The van der Waals surface area contributed by atoms with Gasteiger partial charge in [-0.3, -0.25) is 4.55 Å². The van der Waals surface area contributed by atoms with Gasteiger partial charge < -0.3 is 9.64 Å². The summed E-state index contributed by atoms with van der Waals surface area (Å²) in [6, 6.07) is 15.3. The van der Waals surface area contributed by atoms with Crippen LogP contribution in [0.1, 0.15) is 35.4 Å². The second kappa shape index (κ2) is 10.6. The normalized spacial score (nSPS) is 16.0. The molecule has 5 nitrogen and oxygen atoms in total. The van der Waals surface area contributed by atoms with Crippen molar-refractivity contribution in [3.8, 4) is 5.75 Å². The van der Waals surface area contributed by atoms with Gasteiger partial charge in [0.25, 0.3) is 10.1 Å². The Morgan fingerprint density at radius 1 is 1.19 bits per heavy atom. The fourth-order valence-electron chi connectivity index (χ4n) is 4.30. The Hall–Kier alpha value is -1.93. The molecule has 0 radical (unpaired) electrons. The summed E-state index contributed by atoms with van der Waals surface area (Å²) >= 11 is 1.86. The molecule has 0 unspecified atom stereocenters. The number of hydrogen-bond acceptors (Lipinski definition) is 5. The van der Waals surface area contributed by atoms with E-state index in [2.05, 4.69) is 59.8 Å². The Morgan fingerprint density at radius 3 is 2.68 bits per heavy atom. The van der Waals surface area contributed by atoms with Gasteiger partial charge in [0.15, 0.2) is 0 Å². The van der Waals surface area contributed by atoms with Gasteiger partial charge >= 0.3 is 0 Å². The molecule has 1 aromatic heterocycles. The number of hydrogen-bond donors (Lipinski definition) is 1. The monoisotopic (exact) mass is 461 g/mol. The largest absolute Gasteiger partial charge is 0.496 e. The van der Waals surface area contributed by atoms with E-state index in [0.29, 0.717) is 12.2 Å². The number of likely N-dealkylation sites (N-methyl/N-ethyl adjacent to an activating group) is 1. The maximum absolute atomic E-state index is 9.19. The molecular weight excluding hydrogens is 430 g/mol. The first-order valence-corrected chi connectivity index (χ1v) is 13.2. The molecule has 1 atom stereocenters. The average Bonchev–Trinajstić information content (AvgIpc) is 3.14. The van der Waals surface area contributed by atoms with E-state index in [4.69, 9.17) is 9.29 Å². The molecular formula is C24H31NO4S2. The third-order valence-electron chi connectivity index (χ3n) is 5.66. The smallest absolute Gasteiger partial charge is 0.261 e. The van der Waals surface area contributed by atoms with Gasteiger partial charge in [-0.15, -0.1) is 11.3 Å². The Bertz CT molecular complexity index is 1100. The van der Waals surface area contributed by atoms with E-state index in [9.17, 15) is 8.42 Å². The van der Waals surface area contributed by atoms with Crippen LogP contribution < -0.4 is 4.74 Å². The number of rotatable bonds is 6. The van der Waals surface area contributed by atoms with Crippen LogP contribution in [0.15, 0.2) is 47.8 Å². The van der Waals surface area contributed by atoms with Gasteiger partial charge in [0, 0.05) is 17.8 Å². The van der Waals surface area contributed by atoms with Crippen molar-refractivity contribution in [1.29, 1.82) is 0 Å². The topological polar surface area (TPSA) is 66.8 Å². The summed E-state index contributed by atoms with van der Waals surface area (Å²) in [4.78, 5) is 2.51. The van der Waals surface area contributed by atoms with Crippen LogP contribution in [0, 0.1) is 0 Å². The summed E-state index contributed by atoms with van der Waals surface area (Å²) in [5, 5.41) is 3.76. The lowest BCUT2D eigenvalue weighted by Gasteiger charge is -2.30. The highest BCUT2D eigenvalue weighted by Gasteiger charge is 2.23. The Balaban J connectivity index is 0.000000491. The van der Waals surface area contributed by atoms with Gasteiger partial charge in [0.1, 0.15) is 5.75 Å². The first kappa shape index (κ1) is 23.7. The van der Waals surface area contributed by atoms with Crippen molar-refractivity contribution in [1.82, 2.24) is 4.90 Å². The van der Waals surface area contributed by atoms with Crippen molar-refractivity contribution in [3.05, 3.63) is 64.5 Å². The minimum absolute atomic E-state index is 0.623. The molecule has 0 fully saturated rings. The second-order valence-corrected chi connectivity index (χ2v) is 10.5. The molecule has 0 spiro atoms. The molecule has 168 valence electrons. The van der Waals surface area contributed by atoms with Gasteiger partial charge in [-0.05, 0) is 78.2 Å². The van der Waals surface area contributed by atoms with E-state index in [1.165, 1.54) is 39.6 Å². The van der Waals surface area contributed by atoms with Crippen LogP contribution >= 0.6 is 11.3 Å². The van der Waals surface area contributed by atoms with Crippen molar-refractivity contribution < 1.29 is 17.7 Å². The standard InChI is InChI=1S/C23H27NOS.CH4O3S/c1-24(14-13-18-16-26-23-12-4-3-8-20(18)23)15-17-7-5-10-21-19(17)9-6-11-22(21)25-2;1-5(2,3)4/h3-4,6,8-9,11-12,16-17H,5,7,10,13-15H2,1-2H3;1H3,(H,2,3,4)/t17-;/m0./s1. The van der Waals surface area contributed by atoms with Crippen LogP contribution in [-0.4, -0.2) is 51.4 Å². The van der Waals surface area contributed by atoms with Crippen molar-refractivity contribution in [2.45, 2.75) is 31.6 Å². The predicted octanol–water partition coefficient (Wildman–Crippen LogP) is 5.01. The summed E-state index contributed by atoms with van der Waals surface area (Å²) in [6.45, 7) is 2.23. The Labute approximate surface area is 189 Å². The van der Waals surface area contributed by atoms with E-state index in [0.717, 1.165) is 31.7 Å². The number of thiophene rings is 1. The summed E-state index contributed by atoms with van der Waals surface area (Å²) in [7, 11) is 0.388. The molecule has 0 saturated carbocycles. The first-order chi connectivity index (χ1) is 14.8. The number of ether oxygens (including phenoxy) is 1. The summed E-state index contributed by atoms with van der Waals surface area (Å²) < 4.78 is 32.9. The van der Waals surface area contributed by atoms with Crippen LogP contribution in [0.2, 0.25) is 0 Å². The first-order valence-electron chi connectivity index (χ1n) is 10.5. The molecule has 1 N–H and O–H groups in total. The molecule has 0 amide bonds. The molecule has 1 heterocycles. The molecule has 0 bridgehead atoms. The van der Waals surface area contributed by atoms with Crippen LogP contribution in [0.3, 0.4) is 0 Å². The predicted molar refractivity (Wildman–Crippen MR) is 129 cm³/mol. The maximum Gasteiger partial charge on any atom is 0.261 e. The van der Waals surface area contributed by atoms with Crippen molar-refractivity contribution in [2.24, 2.45) is 0 Å². The zero-order chi connectivity index (χ0) is 22.4. The molecule has 31 heavy (non-hydrogen) atoms. The van der Waals surface area contributed by atoms with Crippen LogP contribution in [-0.2, 0) is 23.0 Å². The summed E-state index contributed by atoms with van der Waals surface area (Å²) in [5.41, 5.74) is 4.43. The molecule has 2 aromatic carbocycles. The number of nitrogens with zero attached hydrogens (tertiary/aromatic N) is 1. The lowest BCUT2D eigenvalue weighted by Crippen LogP contribution is -2.28. The van der Waals surface area contributed by atoms with E-state index >= 15 is 0 Å². The van der Waals surface area contributed by atoms with E-state index in [-0.39, 0.29) is 0 Å². The number of fused-ring (bicyclic) bond motifs is 2. The zero-order valence-electron chi connectivity index (χ0n) is 18.4. The van der Waals surface area contributed by atoms with Crippen LogP contribution in [0.5, 0.6) is 5.75 Å². The molecule has 0 aliphatic heterocycles. The van der Waals surface area contributed by atoms with Gasteiger partial charge in [0.2, 0.25) is 0 Å². The molecule has 1 aliphatic rings. The Kier molecular flexibility index (Phi) is 8.11. The Morgan fingerprint density at radius 2 is 1.94 bits per heavy atom. The number of benzene rings is 2. The van der Waals surface area contributed by atoms with Gasteiger partial charge in [-0.25, -0.2) is 0 Å². The summed E-state index contributed by atoms with van der Waals surface area (Å²) in [6.07, 6.45) is 5.54. The fourth-order valence-corrected chi connectivity index (χ4v) is 5.30. The zero-order valence-corrected chi connectivity index (χ0v) is 20.0. The van der Waals surface area contributed by atoms with Crippen molar-refractivity contribution in [2.75, 3.05) is 33.5 Å². The average molecular weight is 462 g/mol. The highest BCUT2D eigenvalue weighted by atomic mass is 32.2. The quantitative estimate of drug-likeness (QED) is 0.523. The molecule has 0 saturated heterocycles. The van der Waals surface area contributed by atoms with Gasteiger partial charge in [0.05, 0.1) is 13.4 Å². The van der Waals surface area contributed by atoms with Crippen molar-refractivity contribution >= 4 is 31.5 Å². The summed E-state index contributed by atoms with van der Waals surface area (Å²) in [5.74, 6) is 1.69.